The third kappa shape index (κ3) is 2.65. The Labute approximate surface area is 178 Å². The van der Waals surface area contributed by atoms with Crippen molar-refractivity contribution in [1.82, 2.24) is 0 Å². The molecule has 0 fully saturated rings. The van der Waals surface area contributed by atoms with Crippen LogP contribution in [0.25, 0.3) is 43.1 Å². The number of benzene rings is 5. The molecule has 5 aromatic rings. The van der Waals surface area contributed by atoms with Crippen LogP contribution in [0, 0.1) is 0 Å². The summed E-state index contributed by atoms with van der Waals surface area (Å²) in [6.07, 6.45) is 0.977. The molecular weight excluding hydrogens is 364 g/mol. The summed E-state index contributed by atoms with van der Waals surface area (Å²) < 4.78 is 0. The van der Waals surface area contributed by atoms with E-state index in [2.05, 4.69) is 90.1 Å². The molecule has 1 nitrogen and oxygen atoms in total. The van der Waals surface area contributed by atoms with Crippen LogP contribution < -0.4 is 0 Å². The molecule has 0 aromatic heterocycles. The van der Waals surface area contributed by atoms with Crippen LogP contribution in [0.1, 0.15) is 63.0 Å². The second-order valence-corrected chi connectivity index (χ2v) is 10.7. The Hall–Kier alpha value is -2.93. The fourth-order valence-corrected chi connectivity index (χ4v) is 4.79. The van der Waals surface area contributed by atoms with E-state index in [1.54, 1.807) is 0 Å². The molecule has 0 N–H and O–H groups in total. The van der Waals surface area contributed by atoms with E-state index in [1.807, 2.05) is 6.07 Å². The molecule has 5 rings (SSSR count). The van der Waals surface area contributed by atoms with Gasteiger partial charge in [-0.15, -0.1) is 0 Å². The standard InChI is InChI=1S/C29H28O/c1-28(2,3)19-12-18-13-20(29(4,5)6)15-25-23-11-10-17(16-30)21-8-7-9-22(27(21)23)24(14-19)26(18)25/h7-16H,1-6H3. The Balaban J connectivity index is 2.13. The van der Waals surface area contributed by atoms with Gasteiger partial charge in [0.05, 0.1) is 0 Å². The van der Waals surface area contributed by atoms with Crippen molar-refractivity contribution in [2.24, 2.45) is 0 Å². The highest BCUT2D eigenvalue weighted by atomic mass is 16.1. The largest absolute Gasteiger partial charge is 0.298 e. The Bertz CT molecular complexity index is 1390. The lowest BCUT2D eigenvalue weighted by atomic mass is 9.79. The molecule has 0 aliphatic heterocycles. The maximum atomic E-state index is 11.8. The Kier molecular flexibility index (Phi) is 3.84. The van der Waals surface area contributed by atoms with Crippen LogP contribution in [0.2, 0.25) is 0 Å². The van der Waals surface area contributed by atoms with E-state index >= 15 is 0 Å². The minimum absolute atomic E-state index is 0.0570. The van der Waals surface area contributed by atoms with Crippen molar-refractivity contribution in [3.63, 3.8) is 0 Å². The summed E-state index contributed by atoms with van der Waals surface area (Å²) >= 11 is 0. The highest BCUT2D eigenvalue weighted by Gasteiger charge is 2.22. The molecule has 0 saturated carbocycles. The fourth-order valence-electron chi connectivity index (χ4n) is 4.79. The van der Waals surface area contributed by atoms with Crippen molar-refractivity contribution in [3.8, 4) is 0 Å². The molecule has 0 heterocycles. The van der Waals surface area contributed by atoms with Gasteiger partial charge in [0, 0.05) is 5.56 Å². The number of hydrogen-bond donors (Lipinski definition) is 0. The van der Waals surface area contributed by atoms with Gasteiger partial charge in [-0.3, -0.25) is 4.79 Å². The van der Waals surface area contributed by atoms with Gasteiger partial charge in [0.2, 0.25) is 0 Å². The molecule has 5 aromatic carbocycles. The molecule has 1 heteroatoms. The van der Waals surface area contributed by atoms with Crippen LogP contribution in [0.15, 0.2) is 54.6 Å². The summed E-state index contributed by atoms with van der Waals surface area (Å²) in [6, 6.07) is 20.0. The minimum atomic E-state index is 0.0570. The highest BCUT2D eigenvalue weighted by molar-refractivity contribution is 6.34. The van der Waals surface area contributed by atoms with Gasteiger partial charge in [0.15, 0.2) is 6.29 Å². The van der Waals surface area contributed by atoms with E-state index in [4.69, 9.17) is 0 Å². The zero-order valence-electron chi connectivity index (χ0n) is 18.7. The normalized spacial score (nSPS) is 13.1. The van der Waals surface area contributed by atoms with Crippen LogP contribution in [0.3, 0.4) is 0 Å². The van der Waals surface area contributed by atoms with Gasteiger partial charge in [-0.2, -0.15) is 0 Å². The first-order valence-electron chi connectivity index (χ1n) is 10.7. The molecule has 0 spiro atoms. The number of fused-ring (bicyclic) bond motifs is 2. The predicted molar refractivity (Wildman–Crippen MR) is 130 cm³/mol. The summed E-state index contributed by atoms with van der Waals surface area (Å²) in [5.41, 5.74) is 3.56. The van der Waals surface area contributed by atoms with Gasteiger partial charge in [-0.25, -0.2) is 0 Å². The first-order chi connectivity index (χ1) is 14.1. The van der Waals surface area contributed by atoms with Crippen LogP contribution >= 0.6 is 0 Å². The van der Waals surface area contributed by atoms with Gasteiger partial charge in [0.25, 0.3) is 0 Å². The third-order valence-electron chi connectivity index (χ3n) is 6.56. The number of rotatable bonds is 1. The van der Waals surface area contributed by atoms with Crippen LogP contribution in [0.4, 0.5) is 0 Å². The zero-order valence-corrected chi connectivity index (χ0v) is 18.7. The number of aldehydes is 1. The van der Waals surface area contributed by atoms with Gasteiger partial charge in [-0.1, -0.05) is 84.0 Å². The third-order valence-corrected chi connectivity index (χ3v) is 6.56. The Morgan fingerprint density at radius 3 is 1.67 bits per heavy atom. The molecule has 0 atom stereocenters. The molecule has 0 saturated heterocycles. The van der Waals surface area contributed by atoms with Crippen molar-refractivity contribution in [2.45, 2.75) is 52.4 Å². The monoisotopic (exact) mass is 392 g/mol. The van der Waals surface area contributed by atoms with Crippen molar-refractivity contribution in [1.29, 1.82) is 0 Å². The predicted octanol–water partition coefficient (Wildman–Crippen LogP) is 8.14. The Morgan fingerprint density at radius 1 is 0.600 bits per heavy atom. The van der Waals surface area contributed by atoms with Gasteiger partial charge in [-0.05, 0) is 77.2 Å². The van der Waals surface area contributed by atoms with E-state index < -0.39 is 0 Å². The summed E-state index contributed by atoms with van der Waals surface area (Å²) in [5.74, 6) is 0. The second-order valence-electron chi connectivity index (χ2n) is 10.7. The SMILES string of the molecule is CC(C)(C)c1cc2cc(C(C)(C)C)cc3c4ccc(C=O)c5cccc(c(c1)c23)c54. The fraction of sp³-hybridized carbons (Fsp3) is 0.276. The molecule has 0 aliphatic rings. The maximum Gasteiger partial charge on any atom is 0.150 e. The van der Waals surface area contributed by atoms with Crippen LogP contribution in [-0.4, -0.2) is 6.29 Å². The highest BCUT2D eigenvalue weighted by Crippen LogP contribution is 2.44. The molecule has 30 heavy (non-hydrogen) atoms. The zero-order chi connectivity index (χ0) is 21.4. The van der Waals surface area contributed by atoms with Gasteiger partial charge >= 0.3 is 0 Å². The number of hydrogen-bond acceptors (Lipinski definition) is 1. The van der Waals surface area contributed by atoms with Gasteiger partial charge < -0.3 is 0 Å². The summed E-state index contributed by atoms with van der Waals surface area (Å²) in [6.45, 7) is 13.7. The topological polar surface area (TPSA) is 17.1 Å². The average Bonchev–Trinajstić information content (AvgIpc) is 2.69. The lowest BCUT2D eigenvalue weighted by Crippen LogP contribution is -2.12. The molecule has 0 amide bonds. The van der Waals surface area contributed by atoms with Crippen molar-refractivity contribution >= 4 is 49.4 Å². The summed E-state index contributed by atoms with van der Waals surface area (Å²) in [7, 11) is 0. The van der Waals surface area contributed by atoms with Crippen LogP contribution in [0.5, 0.6) is 0 Å². The van der Waals surface area contributed by atoms with Crippen molar-refractivity contribution < 1.29 is 4.79 Å². The van der Waals surface area contributed by atoms with Crippen molar-refractivity contribution in [3.05, 3.63) is 71.3 Å². The maximum absolute atomic E-state index is 11.8. The summed E-state index contributed by atoms with van der Waals surface area (Å²) in [5, 5.41) is 9.92. The molecule has 150 valence electrons. The van der Waals surface area contributed by atoms with E-state index in [1.165, 1.54) is 48.8 Å². The smallest absolute Gasteiger partial charge is 0.150 e. The molecule has 0 radical (unpaired) electrons. The second kappa shape index (κ2) is 6.04. The van der Waals surface area contributed by atoms with Crippen molar-refractivity contribution in [2.75, 3.05) is 0 Å². The number of carbonyl (C=O) groups excluding carboxylic acids is 1. The Morgan fingerprint density at radius 2 is 1.13 bits per heavy atom. The van der Waals surface area contributed by atoms with E-state index in [-0.39, 0.29) is 10.8 Å². The van der Waals surface area contributed by atoms with E-state index in [0.29, 0.717) is 0 Å². The first kappa shape index (κ1) is 19.1. The molecule has 0 unspecified atom stereocenters. The van der Waals surface area contributed by atoms with E-state index in [9.17, 15) is 4.79 Å². The quantitative estimate of drug-likeness (QED) is 0.160. The molecule has 0 aliphatic carbocycles. The average molecular weight is 393 g/mol. The van der Waals surface area contributed by atoms with E-state index in [0.717, 1.165) is 17.2 Å². The number of carbonyl (C=O) groups is 1. The van der Waals surface area contributed by atoms with Gasteiger partial charge in [0.1, 0.15) is 0 Å². The van der Waals surface area contributed by atoms with Crippen LogP contribution in [-0.2, 0) is 10.8 Å². The lowest BCUT2D eigenvalue weighted by molar-refractivity contribution is 0.112. The molecular formula is C29H28O. The first-order valence-corrected chi connectivity index (χ1v) is 10.7. The molecule has 0 bridgehead atoms. The minimum Gasteiger partial charge on any atom is -0.298 e. The lowest BCUT2D eigenvalue weighted by Gasteiger charge is -2.25. The summed E-state index contributed by atoms with van der Waals surface area (Å²) in [4.78, 5) is 11.8.